The highest BCUT2D eigenvalue weighted by Crippen LogP contribution is 2.24. The van der Waals surface area contributed by atoms with Gasteiger partial charge in [-0.2, -0.15) is 0 Å². The lowest BCUT2D eigenvalue weighted by atomic mass is 10.2. The van der Waals surface area contributed by atoms with E-state index in [1.165, 1.54) is 0 Å². The molecule has 0 aromatic heterocycles. The Morgan fingerprint density at radius 2 is 1.26 bits per heavy atom. The quantitative estimate of drug-likeness (QED) is 0.524. The van der Waals surface area contributed by atoms with Crippen molar-refractivity contribution in [2.75, 3.05) is 10.6 Å². The SMILES string of the molecule is CC(C)NC(=O)Nc1ccc(Nc2ccc(Oc3ccccc3)cc2)cc1. The maximum Gasteiger partial charge on any atom is 0.319 e. The van der Waals surface area contributed by atoms with E-state index in [0.29, 0.717) is 0 Å². The van der Waals surface area contributed by atoms with E-state index in [-0.39, 0.29) is 12.1 Å². The van der Waals surface area contributed by atoms with Crippen LogP contribution in [-0.4, -0.2) is 12.1 Å². The van der Waals surface area contributed by atoms with Gasteiger partial charge >= 0.3 is 6.03 Å². The summed E-state index contributed by atoms with van der Waals surface area (Å²) in [4.78, 5) is 11.7. The van der Waals surface area contributed by atoms with Crippen molar-refractivity contribution < 1.29 is 9.53 Å². The molecule has 0 saturated heterocycles. The number of ether oxygens (including phenoxy) is 1. The van der Waals surface area contributed by atoms with Gasteiger partial charge in [-0.05, 0) is 74.5 Å². The number of amides is 2. The van der Waals surface area contributed by atoms with Gasteiger partial charge in [0.15, 0.2) is 0 Å². The van der Waals surface area contributed by atoms with Crippen molar-refractivity contribution in [1.29, 1.82) is 0 Å². The number of nitrogens with one attached hydrogen (secondary N) is 3. The lowest BCUT2D eigenvalue weighted by Crippen LogP contribution is -2.34. The largest absolute Gasteiger partial charge is 0.457 e. The van der Waals surface area contributed by atoms with E-state index < -0.39 is 0 Å². The van der Waals surface area contributed by atoms with Crippen molar-refractivity contribution in [3.63, 3.8) is 0 Å². The summed E-state index contributed by atoms with van der Waals surface area (Å²) in [6, 6.07) is 24.9. The number of hydrogen-bond acceptors (Lipinski definition) is 3. The van der Waals surface area contributed by atoms with Gasteiger partial charge < -0.3 is 20.7 Å². The summed E-state index contributed by atoms with van der Waals surface area (Å²) in [5.74, 6) is 1.59. The summed E-state index contributed by atoms with van der Waals surface area (Å²) in [6.07, 6.45) is 0. The molecule has 0 unspecified atom stereocenters. The van der Waals surface area contributed by atoms with Gasteiger partial charge in [0.1, 0.15) is 11.5 Å². The fraction of sp³-hybridized carbons (Fsp3) is 0.136. The lowest BCUT2D eigenvalue weighted by Gasteiger charge is -2.11. The minimum Gasteiger partial charge on any atom is -0.457 e. The summed E-state index contributed by atoms with van der Waals surface area (Å²) in [7, 11) is 0. The van der Waals surface area contributed by atoms with Gasteiger partial charge in [-0.3, -0.25) is 0 Å². The second-order valence-electron chi connectivity index (χ2n) is 6.40. The van der Waals surface area contributed by atoms with E-state index in [9.17, 15) is 4.79 Å². The molecule has 0 fully saturated rings. The number of anilines is 3. The maximum atomic E-state index is 11.7. The first-order chi connectivity index (χ1) is 13.1. The Morgan fingerprint density at radius 3 is 1.85 bits per heavy atom. The predicted molar refractivity (Wildman–Crippen MR) is 110 cm³/mol. The summed E-state index contributed by atoms with van der Waals surface area (Å²) in [5, 5.41) is 8.92. The fourth-order valence-electron chi connectivity index (χ4n) is 2.46. The Bertz CT molecular complexity index is 860. The zero-order valence-corrected chi connectivity index (χ0v) is 15.4. The molecule has 0 radical (unpaired) electrons. The van der Waals surface area contributed by atoms with E-state index in [2.05, 4.69) is 16.0 Å². The topological polar surface area (TPSA) is 62.4 Å². The van der Waals surface area contributed by atoms with E-state index in [0.717, 1.165) is 28.6 Å². The number of carbonyl (C=O) groups excluding carboxylic acids is 1. The van der Waals surface area contributed by atoms with Gasteiger partial charge in [0.2, 0.25) is 0 Å². The summed E-state index contributed by atoms with van der Waals surface area (Å²) < 4.78 is 5.79. The van der Waals surface area contributed by atoms with Crippen LogP contribution in [0.25, 0.3) is 0 Å². The molecule has 3 rings (SSSR count). The molecule has 27 heavy (non-hydrogen) atoms. The van der Waals surface area contributed by atoms with Crippen LogP contribution in [0.15, 0.2) is 78.9 Å². The van der Waals surface area contributed by atoms with E-state index in [1.54, 1.807) is 0 Å². The van der Waals surface area contributed by atoms with Gasteiger partial charge in [-0.15, -0.1) is 0 Å². The average Bonchev–Trinajstić information content (AvgIpc) is 2.65. The molecule has 0 aliphatic carbocycles. The van der Waals surface area contributed by atoms with E-state index >= 15 is 0 Å². The highest BCUT2D eigenvalue weighted by atomic mass is 16.5. The highest BCUT2D eigenvalue weighted by molar-refractivity contribution is 5.89. The molecular weight excluding hydrogens is 338 g/mol. The Balaban J connectivity index is 1.56. The first-order valence-electron chi connectivity index (χ1n) is 8.86. The van der Waals surface area contributed by atoms with Gasteiger partial charge in [-0.25, -0.2) is 4.79 Å². The van der Waals surface area contributed by atoms with Crippen molar-refractivity contribution in [1.82, 2.24) is 5.32 Å². The summed E-state index contributed by atoms with van der Waals surface area (Å²) in [5.41, 5.74) is 2.63. The Kier molecular flexibility index (Phi) is 5.94. The van der Waals surface area contributed by atoms with Crippen LogP contribution in [0.1, 0.15) is 13.8 Å². The highest BCUT2D eigenvalue weighted by Gasteiger charge is 2.03. The summed E-state index contributed by atoms with van der Waals surface area (Å²) in [6.45, 7) is 3.84. The van der Waals surface area contributed by atoms with Gasteiger partial charge in [0.25, 0.3) is 0 Å². The third-order valence-electron chi connectivity index (χ3n) is 3.68. The van der Waals surface area contributed by atoms with Crippen LogP contribution in [0.5, 0.6) is 11.5 Å². The van der Waals surface area contributed by atoms with E-state index in [1.807, 2.05) is 92.7 Å². The number of hydrogen-bond donors (Lipinski definition) is 3. The van der Waals surface area contributed by atoms with Crippen molar-refractivity contribution in [3.8, 4) is 11.5 Å². The van der Waals surface area contributed by atoms with Gasteiger partial charge in [0, 0.05) is 23.1 Å². The standard InChI is InChI=1S/C22H23N3O2/c1-16(2)23-22(26)25-19-10-8-17(9-11-19)24-18-12-14-21(15-13-18)27-20-6-4-3-5-7-20/h3-16,24H,1-2H3,(H2,23,25,26). The molecular formula is C22H23N3O2. The molecule has 0 aliphatic rings. The molecule has 138 valence electrons. The number of benzene rings is 3. The number of carbonyl (C=O) groups is 1. The molecule has 5 heteroatoms. The second kappa shape index (κ2) is 8.76. The lowest BCUT2D eigenvalue weighted by molar-refractivity contribution is 0.250. The third-order valence-corrected chi connectivity index (χ3v) is 3.68. The monoisotopic (exact) mass is 361 g/mol. The maximum absolute atomic E-state index is 11.7. The number of rotatable bonds is 6. The fourth-order valence-corrected chi connectivity index (χ4v) is 2.46. The number of para-hydroxylation sites is 1. The minimum atomic E-state index is -0.209. The summed E-state index contributed by atoms with van der Waals surface area (Å²) >= 11 is 0. The Morgan fingerprint density at radius 1 is 0.741 bits per heavy atom. The molecule has 3 aromatic rings. The molecule has 3 N–H and O–H groups in total. The molecule has 0 atom stereocenters. The Hall–Kier alpha value is -3.47. The van der Waals surface area contributed by atoms with Crippen molar-refractivity contribution in [3.05, 3.63) is 78.9 Å². The van der Waals surface area contributed by atoms with Crippen LogP contribution in [0.3, 0.4) is 0 Å². The smallest absolute Gasteiger partial charge is 0.319 e. The molecule has 0 bridgehead atoms. The molecule has 3 aromatic carbocycles. The zero-order valence-electron chi connectivity index (χ0n) is 15.4. The van der Waals surface area contributed by atoms with Crippen LogP contribution in [0, 0.1) is 0 Å². The number of urea groups is 1. The van der Waals surface area contributed by atoms with E-state index in [4.69, 9.17) is 4.74 Å². The first kappa shape index (κ1) is 18.3. The molecule has 0 aliphatic heterocycles. The van der Waals surface area contributed by atoms with Crippen molar-refractivity contribution in [2.24, 2.45) is 0 Å². The zero-order chi connectivity index (χ0) is 19.1. The van der Waals surface area contributed by atoms with Crippen LogP contribution in [-0.2, 0) is 0 Å². The third kappa shape index (κ3) is 5.78. The van der Waals surface area contributed by atoms with Crippen molar-refractivity contribution in [2.45, 2.75) is 19.9 Å². The van der Waals surface area contributed by atoms with Crippen LogP contribution in [0.4, 0.5) is 21.9 Å². The van der Waals surface area contributed by atoms with Crippen LogP contribution < -0.4 is 20.7 Å². The van der Waals surface area contributed by atoms with Crippen LogP contribution in [0.2, 0.25) is 0 Å². The first-order valence-corrected chi connectivity index (χ1v) is 8.86. The molecule has 0 heterocycles. The Labute approximate surface area is 159 Å². The average molecular weight is 361 g/mol. The predicted octanol–water partition coefficient (Wildman–Crippen LogP) is 5.75. The minimum absolute atomic E-state index is 0.0970. The molecule has 0 spiro atoms. The molecule has 0 saturated carbocycles. The molecule has 2 amide bonds. The second-order valence-corrected chi connectivity index (χ2v) is 6.40. The van der Waals surface area contributed by atoms with Crippen molar-refractivity contribution >= 4 is 23.1 Å². The van der Waals surface area contributed by atoms with Gasteiger partial charge in [0.05, 0.1) is 0 Å². The van der Waals surface area contributed by atoms with Gasteiger partial charge in [-0.1, -0.05) is 18.2 Å². The normalized spacial score (nSPS) is 10.3. The molecule has 5 nitrogen and oxygen atoms in total. The van der Waals surface area contributed by atoms with Crippen LogP contribution >= 0.6 is 0 Å².